The van der Waals surface area contributed by atoms with Crippen LogP contribution in [-0.4, -0.2) is 50.1 Å². The van der Waals surface area contributed by atoms with Crippen molar-refractivity contribution >= 4 is 33.4 Å². The van der Waals surface area contributed by atoms with Crippen LogP contribution in [0.5, 0.6) is 5.75 Å². The predicted molar refractivity (Wildman–Crippen MR) is 102 cm³/mol. The van der Waals surface area contributed by atoms with Crippen molar-refractivity contribution in [1.82, 2.24) is 4.90 Å². The van der Waals surface area contributed by atoms with Gasteiger partial charge in [-0.25, -0.2) is 0 Å². The second-order valence-corrected chi connectivity index (χ2v) is 6.66. The molecule has 2 aromatic rings. The number of methoxy groups -OCH3 is 1. The SMILES string of the molecule is COc1ccc(Br)cc1C(=O)Nc1ccccc1C(=O)N1CCOCC1. The lowest BCUT2D eigenvalue weighted by molar-refractivity contribution is 0.0303. The predicted octanol–water partition coefficient (Wildman–Crippen LogP) is 3.18. The molecule has 1 saturated heterocycles. The Morgan fingerprint density at radius 1 is 1.12 bits per heavy atom. The van der Waals surface area contributed by atoms with Crippen molar-refractivity contribution in [1.29, 1.82) is 0 Å². The van der Waals surface area contributed by atoms with Crippen LogP contribution >= 0.6 is 15.9 Å². The summed E-state index contributed by atoms with van der Waals surface area (Å²) in [5, 5.41) is 2.83. The topological polar surface area (TPSA) is 67.9 Å². The Bertz CT molecular complexity index is 819. The summed E-state index contributed by atoms with van der Waals surface area (Å²) < 4.78 is 11.3. The molecule has 1 aliphatic rings. The highest BCUT2D eigenvalue weighted by Crippen LogP contribution is 2.25. The van der Waals surface area contributed by atoms with E-state index in [0.29, 0.717) is 48.9 Å². The number of para-hydroxylation sites is 1. The third kappa shape index (κ3) is 4.05. The van der Waals surface area contributed by atoms with Crippen molar-refractivity contribution in [3.05, 3.63) is 58.1 Å². The Labute approximate surface area is 160 Å². The number of halogens is 1. The maximum atomic E-state index is 12.8. The van der Waals surface area contributed by atoms with Gasteiger partial charge in [0.25, 0.3) is 11.8 Å². The molecule has 7 heteroatoms. The van der Waals surface area contributed by atoms with Crippen LogP contribution in [0.15, 0.2) is 46.9 Å². The number of anilines is 1. The molecule has 0 unspecified atom stereocenters. The van der Waals surface area contributed by atoms with Crippen molar-refractivity contribution in [2.24, 2.45) is 0 Å². The summed E-state index contributed by atoms with van der Waals surface area (Å²) in [5.41, 5.74) is 1.31. The number of rotatable bonds is 4. The van der Waals surface area contributed by atoms with E-state index in [0.717, 1.165) is 4.47 Å². The van der Waals surface area contributed by atoms with Gasteiger partial charge in [0.1, 0.15) is 5.75 Å². The maximum Gasteiger partial charge on any atom is 0.259 e. The molecule has 1 fully saturated rings. The molecular weight excluding hydrogens is 400 g/mol. The summed E-state index contributed by atoms with van der Waals surface area (Å²) in [6.45, 7) is 2.13. The minimum absolute atomic E-state index is 0.120. The number of ether oxygens (including phenoxy) is 2. The van der Waals surface area contributed by atoms with Crippen molar-refractivity contribution < 1.29 is 19.1 Å². The number of nitrogens with zero attached hydrogens (tertiary/aromatic N) is 1. The van der Waals surface area contributed by atoms with Crippen LogP contribution < -0.4 is 10.1 Å². The van der Waals surface area contributed by atoms with Gasteiger partial charge in [0.2, 0.25) is 0 Å². The van der Waals surface area contributed by atoms with Gasteiger partial charge in [-0.2, -0.15) is 0 Å². The first-order valence-electron chi connectivity index (χ1n) is 8.21. The van der Waals surface area contributed by atoms with Crippen molar-refractivity contribution in [2.75, 3.05) is 38.7 Å². The van der Waals surface area contributed by atoms with Crippen LogP contribution in [0.3, 0.4) is 0 Å². The average Bonchev–Trinajstić information content (AvgIpc) is 2.68. The van der Waals surface area contributed by atoms with Gasteiger partial charge in [-0.3, -0.25) is 9.59 Å². The molecule has 3 rings (SSSR count). The number of amides is 2. The van der Waals surface area contributed by atoms with Crippen molar-refractivity contribution in [3.8, 4) is 5.75 Å². The molecular formula is C19H19BrN2O4. The molecule has 0 aliphatic carbocycles. The van der Waals surface area contributed by atoms with Crippen molar-refractivity contribution in [2.45, 2.75) is 0 Å². The highest BCUT2D eigenvalue weighted by atomic mass is 79.9. The number of carbonyl (C=O) groups is 2. The first-order chi connectivity index (χ1) is 12.6. The molecule has 0 atom stereocenters. The van der Waals surface area contributed by atoms with E-state index in [-0.39, 0.29) is 11.8 Å². The van der Waals surface area contributed by atoms with E-state index in [1.54, 1.807) is 47.4 Å². The van der Waals surface area contributed by atoms with E-state index in [1.807, 2.05) is 0 Å². The monoisotopic (exact) mass is 418 g/mol. The fraction of sp³-hybridized carbons (Fsp3) is 0.263. The highest BCUT2D eigenvalue weighted by Gasteiger charge is 2.22. The van der Waals surface area contributed by atoms with Gasteiger partial charge in [-0.15, -0.1) is 0 Å². The zero-order valence-corrected chi connectivity index (χ0v) is 15.9. The summed E-state index contributed by atoms with van der Waals surface area (Å²) in [5.74, 6) is -0.00142. The first-order valence-corrected chi connectivity index (χ1v) is 9.00. The molecule has 2 amide bonds. The third-order valence-corrected chi connectivity index (χ3v) is 4.60. The minimum atomic E-state index is -0.342. The number of morpholine rings is 1. The number of carbonyl (C=O) groups excluding carboxylic acids is 2. The third-order valence-electron chi connectivity index (χ3n) is 4.11. The summed E-state index contributed by atoms with van der Waals surface area (Å²) in [6, 6.07) is 12.2. The molecule has 0 saturated carbocycles. The number of hydrogen-bond donors (Lipinski definition) is 1. The molecule has 0 spiro atoms. The van der Waals surface area contributed by atoms with Gasteiger partial charge < -0.3 is 19.7 Å². The largest absolute Gasteiger partial charge is 0.496 e. The summed E-state index contributed by atoms with van der Waals surface area (Å²) in [4.78, 5) is 27.3. The summed E-state index contributed by atoms with van der Waals surface area (Å²) in [7, 11) is 1.51. The Balaban J connectivity index is 1.85. The second kappa shape index (κ2) is 8.33. The van der Waals surface area contributed by atoms with Gasteiger partial charge in [0, 0.05) is 17.6 Å². The van der Waals surface area contributed by atoms with Gasteiger partial charge >= 0.3 is 0 Å². The normalized spacial score (nSPS) is 14.0. The summed E-state index contributed by atoms with van der Waals surface area (Å²) in [6.07, 6.45) is 0. The second-order valence-electron chi connectivity index (χ2n) is 5.75. The molecule has 1 N–H and O–H groups in total. The molecule has 1 aliphatic heterocycles. The Kier molecular flexibility index (Phi) is 5.90. The minimum Gasteiger partial charge on any atom is -0.496 e. The Morgan fingerprint density at radius 2 is 1.85 bits per heavy atom. The van der Waals surface area contributed by atoms with Crippen LogP contribution in [0.4, 0.5) is 5.69 Å². The van der Waals surface area contributed by atoms with Gasteiger partial charge in [0.05, 0.1) is 37.1 Å². The molecule has 136 valence electrons. The van der Waals surface area contributed by atoms with E-state index in [1.165, 1.54) is 7.11 Å². The number of nitrogens with one attached hydrogen (secondary N) is 1. The average molecular weight is 419 g/mol. The molecule has 2 aromatic carbocycles. The number of benzene rings is 2. The van der Waals surface area contributed by atoms with Crippen LogP contribution in [0.25, 0.3) is 0 Å². The van der Waals surface area contributed by atoms with E-state index < -0.39 is 0 Å². The Hall–Kier alpha value is -2.38. The van der Waals surface area contributed by atoms with Crippen LogP contribution in [0, 0.1) is 0 Å². The first kappa shape index (κ1) is 18.4. The molecule has 1 heterocycles. The lowest BCUT2D eigenvalue weighted by Gasteiger charge is -2.27. The maximum absolute atomic E-state index is 12.8. The lowest BCUT2D eigenvalue weighted by Crippen LogP contribution is -2.41. The fourth-order valence-corrected chi connectivity index (χ4v) is 3.12. The molecule has 0 bridgehead atoms. The lowest BCUT2D eigenvalue weighted by atomic mass is 10.1. The molecule has 0 radical (unpaired) electrons. The van der Waals surface area contributed by atoms with Gasteiger partial charge in [-0.1, -0.05) is 28.1 Å². The Morgan fingerprint density at radius 3 is 2.58 bits per heavy atom. The molecule has 0 aromatic heterocycles. The number of hydrogen-bond acceptors (Lipinski definition) is 4. The molecule has 6 nitrogen and oxygen atoms in total. The van der Waals surface area contributed by atoms with E-state index >= 15 is 0 Å². The molecule has 26 heavy (non-hydrogen) atoms. The van der Waals surface area contributed by atoms with E-state index in [9.17, 15) is 9.59 Å². The zero-order valence-electron chi connectivity index (χ0n) is 14.3. The van der Waals surface area contributed by atoms with Crippen LogP contribution in [0.2, 0.25) is 0 Å². The fourth-order valence-electron chi connectivity index (χ4n) is 2.76. The quantitative estimate of drug-likeness (QED) is 0.827. The van der Waals surface area contributed by atoms with Crippen molar-refractivity contribution in [3.63, 3.8) is 0 Å². The van der Waals surface area contributed by atoms with E-state index in [4.69, 9.17) is 9.47 Å². The van der Waals surface area contributed by atoms with Gasteiger partial charge in [0.15, 0.2) is 0 Å². The smallest absolute Gasteiger partial charge is 0.259 e. The zero-order chi connectivity index (χ0) is 18.5. The standard InChI is InChI=1S/C19H19BrN2O4/c1-25-17-7-6-13(20)12-15(17)18(23)21-16-5-3-2-4-14(16)19(24)22-8-10-26-11-9-22/h2-7,12H,8-11H2,1H3,(H,21,23). The van der Waals surface area contributed by atoms with Crippen LogP contribution in [0.1, 0.15) is 20.7 Å². The van der Waals surface area contributed by atoms with E-state index in [2.05, 4.69) is 21.2 Å². The van der Waals surface area contributed by atoms with Gasteiger partial charge in [-0.05, 0) is 30.3 Å². The highest BCUT2D eigenvalue weighted by molar-refractivity contribution is 9.10. The summed E-state index contributed by atoms with van der Waals surface area (Å²) >= 11 is 3.36. The van der Waals surface area contributed by atoms with Crippen LogP contribution in [-0.2, 0) is 4.74 Å².